The van der Waals surface area contributed by atoms with Crippen molar-refractivity contribution in [3.05, 3.63) is 62.8 Å². The second-order valence-corrected chi connectivity index (χ2v) is 6.91. The minimum Gasteiger partial charge on any atom is -0.497 e. The maximum atomic E-state index is 12.4. The third-order valence-corrected chi connectivity index (χ3v) is 4.80. The molecule has 1 amide bonds. The van der Waals surface area contributed by atoms with Crippen LogP contribution in [-0.4, -0.2) is 27.8 Å². The van der Waals surface area contributed by atoms with Crippen LogP contribution >= 0.6 is 35.4 Å². The molecule has 140 valence electrons. The van der Waals surface area contributed by atoms with E-state index in [1.807, 2.05) is 24.3 Å². The van der Waals surface area contributed by atoms with Gasteiger partial charge < -0.3 is 10.1 Å². The Hall–Kier alpha value is -2.35. The minimum atomic E-state index is -0.215. The number of hydrogen-bond acceptors (Lipinski definition) is 4. The summed E-state index contributed by atoms with van der Waals surface area (Å²) in [6.07, 6.45) is 0. The summed E-state index contributed by atoms with van der Waals surface area (Å²) in [4.78, 5) is 12.4. The van der Waals surface area contributed by atoms with Gasteiger partial charge in [-0.05, 0) is 54.2 Å². The van der Waals surface area contributed by atoms with Crippen molar-refractivity contribution in [1.82, 2.24) is 20.1 Å². The monoisotopic (exact) mass is 422 g/mol. The molecule has 6 nitrogen and oxygen atoms in total. The standard InChI is InChI=1S/C18H16Cl2N4O2S/c1-26-14-6-3-11(4-7-14)17-22-23-18(27)24(17)10-16(25)21-9-12-2-5-13(19)8-15(12)20/h2-8H,9-10H2,1H3,(H,21,25)(H,23,27). The molecule has 0 fully saturated rings. The zero-order valence-electron chi connectivity index (χ0n) is 14.3. The third-order valence-electron chi connectivity index (χ3n) is 3.90. The van der Waals surface area contributed by atoms with Gasteiger partial charge in [0.25, 0.3) is 0 Å². The molecule has 1 aromatic heterocycles. The van der Waals surface area contributed by atoms with Crippen LogP contribution in [0.15, 0.2) is 42.5 Å². The van der Waals surface area contributed by atoms with Gasteiger partial charge in [-0.25, -0.2) is 0 Å². The predicted octanol–water partition coefficient (Wildman–Crippen LogP) is 4.24. The zero-order chi connectivity index (χ0) is 19.4. The van der Waals surface area contributed by atoms with E-state index < -0.39 is 0 Å². The molecule has 0 aliphatic carbocycles. The number of nitrogens with one attached hydrogen (secondary N) is 2. The SMILES string of the molecule is COc1ccc(-c2n[nH]c(=S)n2CC(=O)NCc2ccc(Cl)cc2Cl)cc1. The van der Waals surface area contributed by atoms with Crippen LogP contribution in [0.2, 0.25) is 10.0 Å². The molecular weight excluding hydrogens is 407 g/mol. The first-order chi connectivity index (χ1) is 13.0. The van der Waals surface area contributed by atoms with E-state index >= 15 is 0 Å². The van der Waals surface area contributed by atoms with Gasteiger partial charge in [-0.1, -0.05) is 29.3 Å². The van der Waals surface area contributed by atoms with Gasteiger partial charge in [-0.3, -0.25) is 14.5 Å². The summed E-state index contributed by atoms with van der Waals surface area (Å²) in [7, 11) is 1.60. The molecule has 0 unspecified atom stereocenters. The van der Waals surface area contributed by atoms with Gasteiger partial charge in [0.15, 0.2) is 10.6 Å². The van der Waals surface area contributed by atoms with Crippen molar-refractivity contribution in [3.8, 4) is 17.1 Å². The van der Waals surface area contributed by atoms with Crippen LogP contribution in [0.25, 0.3) is 11.4 Å². The Kier molecular flexibility index (Phi) is 6.15. The minimum absolute atomic E-state index is 0.0297. The average molecular weight is 423 g/mol. The normalized spacial score (nSPS) is 10.6. The largest absolute Gasteiger partial charge is 0.497 e. The molecule has 0 saturated heterocycles. The summed E-state index contributed by atoms with van der Waals surface area (Å²) >= 11 is 17.3. The van der Waals surface area contributed by atoms with Gasteiger partial charge in [0.1, 0.15) is 12.3 Å². The fourth-order valence-electron chi connectivity index (χ4n) is 2.48. The molecule has 9 heteroatoms. The first-order valence-electron chi connectivity index (χ1n) is 7.98. The third kappa shape index (κ3) is 4.68. The van der Waals surface area contributed by atoms with Gasteiger partial charge in [0.2, 0.25) is 5.91 Å². The fraction of sp³-hybridized carbons (Fsp3) is 0.167. The summed E-state index contributed by atoms with van der Waals surface area (Å²) in [6, 6.07) is 12.5. The average Bonchev–Trinajstić information content (AvgIpc) is 3.01. The number of ether oxygens (including phenoxy) is 1. The molecule has 0 aliphatic rings. The molecule has 0 radical (unpaired) electrons. The van der Waals surface area contributed by atoms with Crippen LogP contribution in [0.3, 0.4) is 0 Å². The lowest BCUT2D eigenvalue weighted by atomic mass is 10.2. The number of H-pyrrole nitrogens is 1. The molecule has 1 heterocycles. The van der Waals surface area contributed by atoms with E-state index in [-0.39, 0.29) is 19.0 Å². The Morgan fingerprint density at radius 1 is 1.26 bits per heavy atom. The van der Waals surface area contributed by atoms with Crippen LogP contribution in [0.5, 0.6) is 5.75 Å². The van der Waals surface area contributed by atoms with Gasteiger partial charge >= 0.3 is 0 Å². The van der Waals surface area contributed by atoms with Crippen molar-refractivity contribution < 1.29 is 9.53 Å². The number of aromatic amines is 1. The number of halogens is 2. The highest BCUT2D eigenvalue weighted by atomic mass is 35.5. The lowest BCUT2D eigenvalue weighted by Gasteiger charge is -2.10. The number of rotatable bonds is 6. The first kappa shape index (κ1) is 19.4. The molecule has 0 bridgehead atoms. The lowest BCUT2D eigenvalue weighted by Crippen LogP contribution is -2.27. The van der Waals surface area contributed by atoms with Crippen molar-refractivity contribution >= 4 is 41.3 Å². The Bertz CT molecular complexity index is 1010. The van der Waals surface area contributed by atoms with Gasteiger partial charge in [0, 0.05) is 22.2 Å². The molecule has 2 aromatic carbocycles. The number of amides is 1. The highest BCUT2D eigenvalue weighted by Gasteiger charge is 2.13. The summed E-state index contributed by atoms with van der Waals surface area (Å²) in [5.74, 6) is 1.09. The number of nitrogens with zero attached hydrogens (tertiary/aromatic N) is 2. The van der Waals surface area contributed by atoms with Gasteiger partial charge in [0.05, 0.1) is 7.11 Å². The van der Waals surface area contributed by atoms with E-state index in [9.17, 15) is 4.79 Å². The molecule has 0 aliphatic heterocycles. The molecule has 3 aromatic rings. The quantitative estimate of drug-likeness (QED) is 0.582. The predicted molar refractivity (Wildman–Crippen MR) is 108 cm³/mol. The van der Waals surface area contributed by atoms with Crippen LogP contribution in [0.1, 0.15) is 5.56 Å². The number of aromatic nitrogens is 3. The summed E-state index contributed by atoms with van der Waals surface area (Å²) in [5.41, 5.74) is 1.59. The fourth-order valence-corrected chi connectivity index (χ4v) is 3.16. The molecule has 3 rings (SSSR count). The van der Waals surface area contributed by atoms with Crippen LogP contribution in [0.4, 0.5) is 0 Å². The molecule has 27 heavy (non-hydrogen) atoms. The van der Waals surface area contributed by atoms with E-state index in [0.29, 0.717) is 20.6 Å². The number of carbonyl (C=O) groups is 1. The van der Waals surface area contributed by atoms with Crippen LogP contribution in [0, 0.1) is 4.77 Å². The topological polar surface area (TPSA) is 71.9 Å². The summed E-state index contributed by atoms with van der Waals surface area (Å²) < 4.78 is 7.15. The second kappa shape index (κ2) is 8.56. The second-order valence-electron chi connectivity index (χ2n) is 5.68. The number of hydrogen-bond donors (Lipinski definition) is 2. The summed E-state index contributed by atoms with van der Waals surface area (Å²) in [5, 5.41) is 10.8. The molecule has 0 saturated carbocycles. The van der Waals surface area contributed by atoms with E-state index in [1.54, 1.807) is 29.9 Å². The highest BCUT2D eigenvalue weighted by Crippen LogP contribution is 2.22. The Morgan fingerprint density at radius 2 is 2.00 bits per heavy atom. The molecular formula is C18H16Cl2N4O2S. The van der Waals surface area contributed by atoms with Crippen molar-refractivity contribution in [2.24, 2.45) is 0 Å². The number of carbonyl (C=O) groups excluding carboxylic acids is 1. The maximum absolute atomic E-state index is 12.4. The molecule has 0 atom stereocenters. The van der Waals surface area contributed by atoms with Gasteiger partial charge in [-0.15, -0.1) is 0 Å². The lowest BCUT2D eigenvalue weighted by molar-refractivity contribution is -0.121. The molecule has 2 N–H and O–H groups in total. The van der Waals surface area contributed by atoms with Crippen molar-refractivity contribution in [2.45, 2.75) is 13.1 Å². The van der Waals surface area contributed by atoms with Crippen LogP contribution < -0.4 is 10.1 Å². The number of methoxy groups -OCH3 is 1. The van der Waals surface area contributed by atoms with E-state index in [2.05, 4.69) is 15.5 Å². The van der Waals surface area contributed by atoms with E-state index in [0.717, 1.165) is 16.9 Å². The Labute approximate surface area is 171 Å². The highest BCUT2D eigenvalue weighted by molar-refractivity contribution is 7.71. The Balaban J connectivity index is 1.72. The van der Waals surface area contributed by atoms with Crippen molar-refractivity contribution in [1.29, 1.82) is 0 Å². The molecule has 0 spiro atoms. The van der Waals surface area contributed by atoms with E-state index in [4.69, 9.17) is 40.2 Å². The van der Waals surface area contributed by atoms with E-state index in [1.165, 1.54) is 0 Å². The van der Waals surface area contributed by atoms with Crippen LogP contribution in [-0.2, 0) is 17.9 Å². The smallest absolute Gasteiger partial charge is 0.240 e. The maximum Gasteiger partial charge on any atom is 0.240 e. The zero-order valence-corrected chi connectivity index (χ0v) is 16.7. The van der Waals surface area contributed by atoms with Gasteiger partial charge in [-0.2, -0.15) is 5.10 Å². The summed E-state index contributed by atoms with van der Waals surface area (Å²) in [6.45, 7) is 0.319. The van der Waals surface area contributed by atoms with Crippen molar-refractivity contribution in [3.63, 3.8) is 0 Å². The number of benzene rings is 2. The Morgan fingerprint density at radius 3 is 2.67 bits per heavy atom. The first-order valence-corrected chi connectivity index (χ1v) is 9.14. The van der Waals surface area contributed by atoms with Crippen molar-refractivity contribution in [2.75, 3.05) is 7.11 Å².